The van der Waals surface area contributed by atoms with Gasteiger partial charge in [0.1, 0.15) is 0 Å². The highest BCUT2D eigenvalue weighted by atomic mass is 28.3. The topological polar surface area (TPSA) is 47.9 Å². The van der Waals surface area contributed by atoms with Crippen LogP contribution in [0.15, 0.2) is 29.3 Å². The molecule has 0 atom stereocenters. The highest BCUT2D eigenvalue weighted by Crippen LogP contribution is 2.05. The first-order valence-electron chi connectivity index (χ1n) is 5.90. The first kappa shape index (κ1) is 14.8. The first-order chi connectivity index (χ1) is 8.83. The molecule has 0 unspecified atom stereocenters. The number of hydrogen-bond donors (Lipinski definition) is 0. The van der Waals surface area contributed by atoms with Gasteiger partial charge >= 0.3 is 9.28 Å². The standard InChI is InChI=1S/C13H18NO3Si/c1-16-18(17-2)13-9-4-3-7-12(13)8-5-6-10-14-11-15/h3-4,7,9H,5-6,8,10H2,1-2H3. The summed E-state index contributed by atoms with van der Waals surface area (Å²) in [4.78, 5) is 13.5. The number of aryl methyl sites for hydroxylation is 1. The van der Waals surface area contributed by atoms with Crippen molar-refractivity contribution in [3.63, 3.8) is 0 Å². The minimum absolute atomic E-state index is 0.554. The van der Waals surface area contributed by atoms with Gasteiger partial charge in [-0.3, -0.25) is 0 Å². The third kappa shape index (κ3) is 4.54. The number of hydrogen-bond acceptors (Lipinski definition) is 4. The Morgan fingerprint density at radius 2 is 1.94 bits per heavy atom. The van der Waals surface area contributed by atoms with Crippen molar-refractivity contribution in [1.82, 2.24) is 0 Å². The Hall–Kier alpha value is -1.26. The lowest BCUT2D eigenvalue weighted by Gasteiger charge is -2.14. The molecule has 97 valence electrons. The maximum atomic E-state index is 9.94. The summed E-state index contributed by atoms with van der Waals surface area (Å²) in [5.41, 5.74) is 1.25. The monoisotopic (exact) mass is 264 g/mol. The fraction of sp³-hybridized carbons (Fsp3) is 0.462. The molecule has 0 saturated carbocycles. The van der Waals surface area contributed by atoms with E-state index in [4.69, 9.17) is 8.85 Å². The quantitative estimate of drug-likeness (QED) is 0.308. The Morgan fingerprint density at radius 1 is 1.22 bits per heavy atom. The second-order valence-corrected chi connectivity index (χ2v) is 5.71. The summed E-state index contributed by atoms with van der Waals surface area (Å²) >= 11 is 0. The van der Waals surface area contributed by atoms with E-state index in [9.17, 15) is 4.79 Å². The zero-order valence-corrected chi connectivity index (χ0v) is 11.8. The molecule has 0 amide bonds. The van der Waals surface area contributed by atoms with E-state index in [2.05, 4.69) is 17.1 Å². The van der Waals surface area contributed by atoms with Gasteiger partial charge in [0.2, 0.25) is 6.08 Å². The summed E-state index contributed by atoms with van der Waals surface area (Å²) in [6.45, 7) is 0.554. The van der Waals surface area contributed by atoms with Crippen LogP contribution in [0.1, 0.15) is 18.4 Å². The zero-order chi connectivity index (χ0) is 13.2. The summed E-state index contributed by atoms with van der Waals surface area (Å²) < 4.78 is 10.8. The van der Waals surface area contributed by atoms with Crippen molar-refractivity contribution in [2.75, 3.05) is 20.8 Å². The Morgan fingerprint density at radius 3 is 2.61 bits per heavy atom. The lowest BCUT2D eigenvalue weighted by molar-refractivity contribution is 0.291. The predicted octanol–water partition coefficient (Wildman–Crippen LogP) is 1.33. The fourth-order valence-electron chi connectivity index (χ4n) is 1.79. The van der Waals surface area contributed by atoms with Crippen LogP contribution in [-0.4, -0.2) is 36.1 Å². The van der Waals surface area contributed by atoms with E-state index in [0.717, 1.165) is 24.4 Å². The first-order valence-corrected chi connectivity index (χ1v) is 7.22. The highest BCUT2D eigenvalue weighted by Gasteiger charge is 2.18. The molecule has 0 aliphatic heterocycles. The third-order valence-electron chi connectivity index (χ3n) is 2.64. The summed E-state index contributed by atoms with van der Waals surface area (Å²) in [6.07, 6.45) is 4.39. The molecule has 0 heterocycles. The maximum absolute atomic E-state index is 9.94. The minimum atomic E-state index is -1.36. The van der Waals surface area contributed by atoms with Gasteiger partial charge in [-0.15, -0.1) is 0 Å². The maximum Gasteiger partial charge on any atom is 0.423 e. The van der Waals surface area contributed by atoms with E-state index in [1.165, 1.54) is 5.56 Å². The summed E-state index contributed by atoms with van der Waals surface area (Å²) in [7, 11) is 1.99. The number of carbonyl (C=O) groups excluding carboxylic acids is 1. The molecule has 0 N–H and O–H groups in total. The molecule has 0 aliphatic carbocycles. The second kappa shape index (κ2) is 8.77. The van der Waals surface area contributed by atoms with Crippen molar-refractivity contribution in [2.24, 2.45) is 4.99 Å². The van der Waals surface area contributed by atoms with Gasteiger partial charge in [0.25, 0.3) is 0 Å². The number of rotatable bonds is 8. The van der Waals surface area contributed by atoms with Crippen LogP contribution in [0.25, 0.3) is 0 Å². The van der Waals surface area contributed by atoms with Crippen LogP contribution in [0.2, 0.25) is 0 Å². The van der Waals surface area contributed by atoms with Crippen LogP contribution in [0.3, 0.4) is 0 Å². The predicted molar refractivity (Wildman–Crippen MR) is 71.8 cm³/mol. The van der Waals surface area contributed by atoms with Crippen molar-refractivity contribution in [2.45, 2.75) is 19.3 Å². The van der Waals surface area contributed by atoms with Crippen molar-refractivity contribution in [1.29, 1.82) is 0 Å². The molecule has 4 nitrogen and oxygen atoms in total. The number of isocyanates is 1. The normalized spacial score (nSPS) is 10.4. The molecule has 0 saturated heterocycles. The van der Waals surface area contributed by atoms with Crippen LogP contribution in [-0.2, 0) is 20.1 Å². The van der Waals surface area contributed by atoms with E-state index >= 15 is 0 Å². The van der Waals surface area contributed by atoms with Gasteiger partial charge in [-0.05, 0) is 30.0 Å². The van der Waals surface area contributed by atoms with Gasteiger partial charge in [-0.25, -0.2) is 9.79 Å². The molecule has 0 spiro atoms. The van der Waals surface area contributed by atoms with E-state index < -0.39 is 9.28 Å². The van der Waals surface area contributed by atoms with E-state index in [1.54, 1.807) is 20.3 Å². The number of nitrogens with zero attached hydrogens (tertiary/aromatic N) is 1. The van der Waals surface area contributed by atoms with E-state index in [-0.39, 0.29) is 0 Å². The lowest BCUT2D eigenvalue weighted by Crippen LogP contribution is -2.37. The largest absolute Gasteiger partial charge is 0.423 e. The van der Waals surface area contributed by atoms with Gasteiger partial charge in [0.15, 0.2) is 0 Å². The fourth-order valence-corrected chi connectivity index (χ4v) is 3.10. The van der Waals surface area contributed by atoms with Crippen LogP contribution < -0.4 is 5.19 Å². The van der Waals surface area contributed by atoms with Crippen molar-refractivity contribution < 1.29 is 13.6 Å². The van der Waals surface area contributed by atoms with Crippen molar-refractivity contribution in [3.05, 3.63) is 29.8 Å². The lowest BCUT2D eigenvalue weighted by atomic mass is 10.1. The van der Waals surface area contributed by atoms with E-state index in [1.807, 2.05) is 12.1 Å². The molecule has 1 rings (SSSR count). The smallest absolute Gasteiger partial charge is 0.393 e. The van der Waals surface area contributed by atoms with Crippen molar-refractivity contribution >= 4 is 20.6 Å². The second-order valence-electron chi connectivity index (χ2n) is 3.78. The zero-order valence-electron chi connectivity index (χ0n) is 10.8. The highest BCUT2D eigenvalue weighted by molar-refractivity contribution is 6.61. The van der Waals surface area contributed by atoms with E-state index in [0.29, 0.717) is 6.54 Å². The Balaban J connectivity index is 2.61. The summed E-state index contributed by atoms with van der Waals surface area (Å²) in [5.74, 6) is 0. The number of aliphatic imine (C=N–C) groups is 1. The molecule has 5 heteroatoms. The SMILES string of the molecule is CO[Si](OC)c1ccccc1CCCCN=C=O. The number of unbranched alkanes of at least 4 members (excludes halogenated alkanes) is 1. The Labute approximate surface area is 109 Å². The minimum Gasteiger partial charge on any atom is -0.393 e. The molecule has 0 aromatic heterocycles. The van der Waals surface area contributed by atoms with Crippen molar-refractivity contribution in [3.8, 4) is 0 Å². The third-order valence-corrected chi connectivity index (χ3v) is 4.31. The van der Waals surface area contributed by atoms with Crippen LogP contribution in [0.4, 0.5) is 0 Å². The van der Waals surface area contributed by atoms with Gasteiger partial charge in [0.05, 0.1) is 6.54 Å². The van der Waals surface area contributed by atoms with Gasteiger partial charge in [-0.1, -0.05) is 24.3 Å². The average Bonchev–Trinajstić information content (AvgIpc) is 2.41. The molecule has 1 radical (unpaired) electrons. The van der Waals surface area contributed by atoms with Crippen LogP contribution >= 0.6 is 0 Å². The molecule has 0 bridgehead atoms. The number of benzene rings is 1. The summed E-state index contributed by atoms with van der Waals surface area (Å²) in [6, 6.07) is 8.17. The Kier molecular flexibility index (Phi) is 7.21. The average molecular weight is 264 g/mol. The van der Waals surface area contributed by atoms with Gasteiger partial charge < -0.3 is 8.85 Å². The molecule has 18 heavy (non-hydrogen) atoms. The summed E-state index contributed by atoms with van der Waals surface area (Å²) in [5, 5.41) is 1.16. The molecular weight excluding hydrogens is 246 g/mol. The van der Waals surface area contributed by atoms with Crippen LogP contribution in [0.5, 0.6) is 0 Å². The molecule has 0 aliphatic rings. The molecular formula is C13H18NO3Si. The molecule has 1 aromatic carbocycles. The van der Waals surface area contributed by atoms with Gasteiger partial charge in [0, 0.05) is 14.2 Å². The molecule has 1 aromatic rings. The van der Waals surface area contributed by atoms with Gasteiger partial charge in [-0.2, -0.15) is 0 Å². The van der Waals surface area contributed by atoms with Crippen LogP contribution in [0, 0.1) is 0 Å². The molecule has 0 fully saturated rings. The Bertz CT molecular complexity index is 401.